The van der Waals surface area contributed by atoms with Gasteiger partial charge in [-0.25, -0.2) is 0 Å². The maximum atomic E-state index is 2.58. The fraction of sp³-hybridized carbons (Fsp3) is 1.00. The average Bonchev–Trinajstić information content (AvgIpc) is 2.45. The van der Waals surface area contributed by atoms with Crippen molar-refractivity contribution in [3.8, 4) is 0 Å². The zero-order valence-corrected chi connectivity index (χ0v) is 7.71. The van der Waals surface area contributed by atoms with Crippen molar-refractivity contribution in [1.82, 2.24) is 4.90 Å². The third-order valence-electron chi connectivity index (χ3n) is 3.77. The Morgan fingerprint density at radius 1 is 1.18 bits per heavy atom. The van der Waals surface area contributed by atoms with Crippen molar-refractivity contribution in [2.24, 2.45) is 11.8 Å². The number of likely N-dealkylation sites (tertiary alicyclic amines) is 1. The molecule has 0 aromatic heterocycles. The molecule has 0 N–H and O–H groups in total. The van der Waals surface area contributed by atoms with Crippen LogP contribution >= 0.6 is 0 Å². The number of fused-ring (bicyclic) bond motifs is 1. The van der Waals surface area contributed by atoms with Gasteiger partial charge in [0.25, 0.3) is 0 Å². The van der Waals surface area contributed by atoms with Crippen LogP contribution in [0.3, 0.4) is 0 Å². The Hall–Kier alpha value is -0.0400. The van der Waals surface area contributed by atoms with Gasteiger partial charge in [-0.2, -0.15) is 0 Å². The first-order valence-corrected chi connectivity index (χ1v) is 4.99. The van der Waals surface area contributed by atoms with Crippen molar-refractivity contribution in [1.29, 1.82) is 0 Å². The summed E-state index contributed by atoms with van der Waals surface area (Å²) in [4.78, 5) is 2.58. The Bertz CT molecular complexity index is 128. The van der Waals surface area contributed by atoms with E-state index in [4.69, 9.17) is 0 Å². The van der Waals surface area contributed by atoms with Gasteiger partial charge in [0.2, 0.25) is 0 Å². The SMILES string of the molecule is CC1CCN(C)C2CCCC12. The molecule has 0 spiro atoms. The van der Waals surface area contributed by atoms with Crippen LogP contribution in [0.5, 0.6) is 0 Å². The summed E-state index contributed by atoms with van der Waals surface area (Å²) in [5.74, 6) is 2.03. The van der Waals surface area contributed by atoms with Crippen molar-refractivity contribution in [3.05, 3.63) is 0 Å². The van der Waals surface area contributed by atoms with E-state index < -0.39 is 0 Å². The summed E-state index contributed by atoms with van der Waals surface area (Å²) in [7, 11) is 2.30. The molecule has 0 radical (unpaired) electrons. The smallest absolute Gasteiger partial charge is 0.0123 e. The highest BCUT2D eigenvalue weighted by molar-refractivity contribution is 4.90. The molecular weight excluding hydrogens is 134 g/mol. The standard InChI is InChI=1S/C10H19N/c1-8-6-7-11(2)10-5-3-4-9(8)10/h8-10H,3-7H2,1-2H3. The molecule has 1 saturated heterocycles. The van der Waals surface area contributed by atoms with Gasteiger partial charge in [-0.05, 0) is 44.7 Å². The third-order valence-corrected chi connectivity index (χ3v) is 3.77. The van der Waals surface area contributed by atoms with Crippen LogP contribution in [-0.4, -0.2) is 24.5 Å². The molecule has 0 amide bonds. The lowest BCUT2D eigenvalue weighted by Gasteiger charge is -2.39. The summed E-state index contributed by atoms with van der Waals surface area (Å²) in [5, 5.41) is 0. The van der Waals surface area contributed by atoms with E-state index in [-0.39, 0.29) is 0 Å². The largest absolute Gasteiger partial charge is 0.303 e. The Morgan fingerprint density at radius 3 is 2.73 bits per heavy atom. The first kappa shape index (κ1) is 7.60. The lowest BCUT2D eigenvalue weighted by atomic mass is 9.83. The highest BCUT2D eigenvalue weighted by Crippen LogP contribution is 2.39. The Labute approximate surface area is 69.8 Å². The number of hydrogen-bond donors (Lipinski definition) is 0. The van der Waals surface area contributed by atoms with Crippen molar-refractivity contribution in [2.45, 2.75) is 38.6 Å². The fourth-order valence-electron chi connectivity index (χ4n) is 2.97. The molecular formula is C10H19N. The van der Waals surface area contributed by atoms with E-state index in [1.165, 1.54) is 32.2 Å². The Morgan fingerprint density at radius 2 is 2.00 bits per heavy atom. The number of hydrogen-bond acceptors (Lipinski definition) is 1. The lowest BCUT2D eigenvalue weighted by molar-refractivity contribution is 0.0998. The van der Waals surface area contributed by atoms with Crippen molar-refractivity contribution >= 4 is 0 Å². The zero-order chi connectivity index (χ0) is 7.84. The third kappa shape index (κ3) is 1.20. The van der Waals surface area contributed by atoms with Gasteiger partial charge in [0.15, 0.2) is 0 Å². The summed E-state index contributed by atoms with van der Waals surface area (Å²) < 4.78 is 0. The van der Waals surface area contributed by atoms with Gasteiger partial charge in [0.1, 0.15) is 0 Å². The molecule has 2 fully saturated rings. The molecule has 0 aromatic carbocycles. The molecule has 64 valence electrons. The first-order chi connectivity index (χ1) is 5.29. The minimum Gasteiger partial charge on any atom is -0.303 e. The molecule has 1 heterocycles. The lowest BCUT2D eigenvalue weighted by Crippen LogP contribution is -2.43. The minimum atomic E-state index is 0.943. The zero-order valence-electron chi connectivity index (χ0n) is 7.71. The maximum absolute atomic E-state index is 2.58. The van der Waals surface area contributed by atoms with E-state index in [2.05, 4.69) is 18.9 Å². The summed E-state index contributed by atoms with van der Waals surface area (Å²) in [6, 6.07) is 0.943. The molecule has 1 saturated carbocycles. The van der Waals surface area contributed by atoms with Gasteiger partial charge in [0, 0.05) is 6.04 Å². The van der Waals surface area contributed by atoms with Gasteiger partial charge >= 0.3 is 0 Å². The van der Waals surface area contributed by atoms with Gasteiger partial charge in [-0.15, -0.1) is 0 Å². The minimum absolute atomic E-state index is 0.943. The molecule has 1 nitrogen and oxygen atoms in total. The maximum Gasteiger partial charge on any atom is 0.0123 e. The second-order valence-corrected chi connectivity index (χ2v) is 4.41. The monoisotopic (exact) mass is 153 g/mol. The van der Waals surface area contributed by atoms with E-state index in [0.29, 0.717) is 0 Å². The average molecular weight is 153 g/mol. The van der Waals surface area contributed by atoms with Crippen LogP contribution in [0.2, 0.25) is 0 Å². The molecule has 1 heteroatoms. The first-order valence-electron chi connectivity index (χ1n) is 4.99. The van der Waals surface area contributed by atoms with E-state index in [1.807, 2.05) is 0 Å². The van der Waals surface area contributed by atoms with Gasteiger partial charge in [-0.3, -0.25) is 0 Å². The van der Waals surface area contributed by atoms with E-state index in [9.17, 15) is 0 Å². The van der Waals surface area contributed by atoms with Gasteiger partial charge < -0.3 is 4.90 Å². The second-order valence-electron chi connectivity index (χ2n) is 4.41. The van der Waals surface area contributed by atoms with Crippen LogP contribution in [0.25, 0.3) is 0 Å². The summed E-state index contributed by atoms with van der Waals surface area (Å²) >= 11 is 0. The molecule has 2 rings (SSSR count). The number of piperidine rings is 1. The van der Waals surface area contributed by atoms with Crippen LogP contribution in [0, 0.1) is 11.8 Å². The topological polar surface area (TPSA) is 3.24 Å². The van der Waals surface area contributed by atoms with E-state index in [1.54, 1.807) is 0 Å². The van der Waals surface area contributed by atoms with Crippen LogP contribution in [0.4, 0.5) is 0 Å². The molecule has 0 bridgehead atoms. The highest BCUT2D eigenvalue weighted by Gasteiger charge is 2.36. The van der Waals surface area contributed by atoms with E-state index >= 15 is 0 Å². The summed E-state index contributed by atoms with van der Waals surface area (Å²) in [6.07, 6.45) is 5.86. The number of nitrogens with zero attached hydrogens (tertiary/aromatic N) is 1. The van der Waals surface area contributed by atoms with Crippen LogP contribution in [-0.2, 0) is 0 Å². The van der Waals surface area contributed by atoms with Crippen LogP contribution in [0.15, 0.2) is 0 Å². The Balaban J connectivity index is 2.08. The molecule has 3 atom stereocenters. The predicted molar refractivity (Wildman–Crippen MR) is 47.5 cm³/mol. The highest BCUT2D eigenvalue weighted by atomic mass is 15.1. The summed E-state index contributed by atoms with van der Waals surface area (Å²) in [5.41, 5.74) is 0. The molecule has 1 aliphatic heterocycles. The van der Waals surface area contributed by atoms with Crippen LogP contribution < -0.4 is 0 Å². The van der Waals surface area contributed by atoms with Crippen molar-refractivity contribution in [3.63, 3.8) is 0 Å². The molecule has 11 heavy (non-hydrogen) atoms. The summed E-state index contributed by atoms with van der Waals surface area (Å²) in [6.45, 7) is 3.78. The molecule has 1 aliphatic carbocycles. The Kier molecular flexibility index (Phi) is 1.92. The van der Waals surface area contributed by atoms with Gasteiger partial charge in [0.05, 0.1) is 0 Å². The molecule has 2 aliphatic rings. The number of rotatable bonds is 0. The second kappa shape index (κ2) is 2.78. The quantitative estimate of drug-likeness (QED) is 0.515. The van der Waals surface area contributed by atoms with Gasteiger partial charge in [-0.1, -0.05) is 13.3 Å². The predicted octanol–water partition coefficient (Wildman–Crippen LogP) is 2.13. The van der Waals surface area contributed by atoms with Crippen molar-refractivity contribution < 1.29 is 0 Å². The van der Waals surface area contributed by atoms with Crippen LogP contribution in [0.1, 0.15) is 32.6 Å². The van der Waals surface area contributed by atoms with Crippen molar-refractivity contribution in [2.75, 3.05) is 13.6 Å². The molecule has 0 aromatic rings. The molecule has 3 unspecified atom stereocenters. The fourth-order valence-corrected chi connectivity index (χ4v) is 2.97. The normalized spacial score (nSPS) is 45.8. The van der Waals surface area contributed by atoms with E-state index in [0.717, 1.165) is 17.9 Å².